The second-order valence-electron chi connectivity index (χ2n) is 13.3. The van der Waals surface area contributed by atoms with Crippen molar-refractivity contribution in [2.24, 2.45) is 4.99 Å². The molecule has 1 aliphatic carbocycles. The first-order chi connectivity index (χ1) is 21.1. The molecular weight excluding hydrogens is 556 g/mol. The first kappa shape index (κ1) is 30.2. The minimum atomic E-state index is -0.265. The quantitative estimate of drug-likeness (QED) is 0.209. The normalized spacial score (nSPS) is 19.3. The topological polar surface area (TPSA) is 15.6 Å². The van der Waals surface area contributed by atoms with Crippen molar-refractivity contribution in [2.75, 3.05) is 19.0 Å². The molecule has 0 spiro atoms. The first-order valence-corrected chi connectivity index (χ1v) is 16.1. The lowest BCUT2D eigenvalue weighted by Gasteiger charge is -2.29. The summed E-state index contributed by atoms with van der Waals surface area (Å²) in [5.41, 5.74) is 9.63. The summed E-state index contributed by atoms with van der Waals surface area (Å²) in [7, 11) is 4.08. The molecule has 0 aromatic heterocycles. The van der Waals surface area contributed by atoms with Crippen molar-refractivity contribution in [2.45, 2.75) is 64.7 Å². The lowest BCUT2D eigenvalue weighted by atomic mass is 9.75. The molecule has 0 fully saturated rings. The highest BCUT2D eigenvalue weighted by Gasteiger charge is 2.39. The van der Waals surface area contributed by atoms with Gasteiger partial charge in [0, 0.05) is 47.1 Å². The molecule has 224 valence electrons. The lowest BCUT2D eigenvalue weighted by molar-refractivity contribution is 0.645. The number of benzene rings is 4. The Morgan fingerprint density at radius 3 is 2.27 bits per heavy atom. The molecule has 0 unspecified atom stereocenters. The van der Waals surface area contributed by atoms with Gasteiger partial charge in [0.25, 0.3) is 0 Å². The number of rotatable bonds is 5. The molecule has 0 radical (unpaired) electrons. The van der Waals surface area contributed by atoms with E-state index in [1.165, 1.54) is 60.8 Å². The Hall–Kier alpha value is -3.88. The van der Waals surface area contributed by atoms with E-state index in [4.69, 9.17) is 16.6 Å². The molecule has 3 heteroatoms. The van der Waals surface area contributed by atoms with Crippen LogP contribution in [0.3, 0.4) is 0 Å². The Morgan fingerprint density at radius 2 is 1.55 bits per heavy atom. The number of nitrogens with zero attached hydrogens (tertiary/aromatic N) is 2. The van der Waals surface area contributed by atoms with Crippen LogP contribution in [-0.4, -0.2) is 19.8 Å². The molecule has 0 bridgehead atoms. The molecule has 4 aromatic rings. The van der Waals surface area contributed by atoms with E-state index in [0.717, 1.165) is 30.0 Å². The fraction of sp³-hybridized carbons (Fsp3) is 0.293. The number of likely N-dealkylation sites (N-methyl/N-ethyl adjacent to an activating group) is 1. The van der Waals surface area contributed by atoms with Gasteiger partial charge >= 0.3 is 0 Å². The third kappa shape index (κ3) is 5.04. The molecular formula is C41H43ClN2. The predicted molar refractivity (Wildman–Crippen MR) is 192 cm³/mol. The zero-order valence-corrected chi connectivity index (χ0v) is 27.9. The molecule has 1 heterocycles. The molecule has 2 nitrogen and oxygen atoms in total. The highest BCUT2D eigenvalue weighted by Crippen LogP contribution is 2.50. The third-order valence-electron chi connectivity index (χ3n) is 9.88. The summed E-state index contributed by atoms with van der Waals surface area (Å²) >= 11 is 7.15. The van der Waals surface area contributed by atoms with Crippen LogP contribution in [-0.2, 0) is 10.8 Å². The number of anilines is 1. The Labute approximate surface area is 268 Å². The van der Waals surface area contributed by atoms with Gasteiger partial charge in [-0.3, -0.25) is 4.99 Å². The zero-order chi connectivity index (χ0) is 31.2. The summed E-state index contributed by atoms with van der Waals surface area (Å²) in [6.45, 7) is 11.4. The smallest absolute Gasteiger partial charge is 0.0470 e. The highest BCUT2D eigenvalue weighted by atomic mass is 35.5. The molecule has 0 atom stereocenters. The molecule has 4 aromatic carbocycles. The lowest BCUT2D eigenvalue weighted by Crippen LogP contribution is -2.29. The van der Waals surface area contributed by atoms with Crippen LogP contribution in [0.4, 0.5) is 5.69 Å². The van der Waals surface area contributed by atoms with E-state index in [9.17, 15) is 0 Å². The van der Waals surface area contributed by atoms with Crippen LogP contribution in [0.5, 0.6) is 0 Å². The summed E-state index contributed by atoms with van der Waals surface area (Å²) in [4.78, 5) is 7.15. The van der Waals surface area contributed by atoms with Crippen molar-refractivity contribution in [1.29, 1.82) is 0 Å². The number of halogens is 1. The van der Waals surface area contributed by atoms with E-state index in [2.05, 4.69) is 144 Å². The van der Waals surface area contributed by atoms with Crippen molar-refractivity contribution in [3.8, 4) is 0 Å². The van der Waals surface area contributed by atoms with Crippen molar-refractivity contribution in [3.63, 3.8) is 0 Å². The average Bonchev–Trinajstić information content (AvgIpc) is 3.21. The average molecular weight is 599 g/mol. The Kier molecular flexibility index (Phi) is 7.92. The van der Waals surface area contributed by atoms with E-state index in [1.54, 1.807) is 0 Å². The molecule has 0 saturated carbocycles. The van der Waals surface area contributed by atoms with Gasteiger partial charge in [-0.15, -0.1) is 0 Å². The molecule has 0 amide bonds. The second-order valence-corrected chi connectivity index (χ2v) is 13.7. The van der Waals surface area contributed by atoms with Crippen molar-refractivity contribution < 1.29 is 0 Å². The predicted octanol–water partition coefficient (Wildman–Crippen LogP) is 11.1. The number of allylic oxidation sites excluding steroid dienone is 8. The van der Waals surface area contributed by atoms with E-state index < -0.39 is 0 Å². The SMILES string of the molecule is CN=C(/C=C/C1=C(Cl)C(=C/C=C2/N(C)c3ccc4ccccc4c3C2(C)C)/CCC1)C(C)(C)c1c(C)ccc2ccccc12. The Balaban J connectivity index is 1.32. The number of hydrogen-bond acceptors (Lipinski definition) is 2. The van der Waals surface area contributed by atoms with Crippen LogP contribution in [0.1, 0.15) is 63.6 Å². The van der Waals surface area contributed by atoms with Gasteiger partial charge in [-0.1, -0.05) is 118 Å². The maximum atomic E-state index is 7.15. The second kappa shape index (κ2) is 11.6. The van der Waals surface area contributed by atoms with E-state index >= 15 is 0 Å². The van der Waals surface area contributed by atoms with Crippen LogP contribution < -0.4 is 4.90 Å². The maximum absolute atomic E-state index is 7.15. The fourth-order valence-corrected chi connectivity index (χ4v) is 7.98. The first-order valence-electron chi connectivity index (χ1n) is 15.8. The number of fused-ring (bicyclic) bond motifs is 4. The minimum Gasteiger partial charge on any atom is -0.347 e. The molecule has 6 rings (SSSR count). The van der Waals surface area contributed by atoms with Gasteiger partial charge in [-0.25, -0.2) is 0 Å². The summed E-state index contributed by atoms with van der Waals surface area (Å²) in [6.07, 6.45) is 12.0. The largest absolute Gasteiger partial charge is 0.347 e. The van der Waals surface area contributed by atoms with Gasteiger partial charge < -0.3 is 4.90 Å². The number of aryl methyl sites for hydroxylation is 1. The van der Waals surface area contributed by atoms with Crippen molar-refractivity contribution in [1.82, 2.24) is 0 Å². The van der Waals surface area contributed by atoms with E-state index in [1.807, 2.05) is 7.05 Å². The van der Waals surface area contributed by atoms with Gasteiger partial charge in [0.05, 0.1) is 0 Å². The zero-order valence-electron chi connectivity index (χ0n) is 27.1. The van der Waals surface area contributed by atoms with Gasteiger partial charge in [0.2, 0.25) is 0 Å². The number of hydrogen-bond donors (Lipinski definition) is 0. The van der Waals surface area contributed by atoms with Gasteiger partial charge in [0.15, 0.2) is 0 Å². The Morgan fingerprint density at radius 1 is 0.886 bits per heavy atom. The van der Waals surface area contributed by atoms with Crippen LogP contribution in [0.25, 0.3) is 21.5 Å². The molecule has 0 N–H and O–H groups in total. The van der Waals surface area contributed by atoms with Crippen molar-refractivity contribution >= 4 is 44.5 Å². The van der Waals surface area contributed by atoms with Gasteiger partial charge in [-0.05, 0) is 93.8 Å². The minimum absolute atomic E-state index is 0.118. The fourth-order valence-electron chi connectivity index (χ4n) is 7.66. The number of aliphatic imine (C=N–C) groups is 1. The van der Waals surface area contributed by atoms with Gasteiger partial charge in [-0.2, -0.15) is 0 Å². The third-order valence-corrected chi connectivity index (χ3v) is 10.4. The van der Waals surface area contributed by atoms with Crippen LogP contribution in [0.15, 0.2) is 124 Å². The molecule has 44 heavy (non-hydrogen) atoms. The molecule has 2 aliphatic rings. The standard InChI is InChI=1S/C41H43ClN2/c1-27-19-20-28-13-8-10-17-32(28)37(27)40(2,3)35(43-6)25-22-30-15-12-16-31(39(30)42)23-26-36-41(4,5)38-33-18-11-9-14-29(33)21-24-34(38)44(36)7/h8-11,13-14,17-26H,12,15-16H2,1-7H3/b25-22+,31-23+,36-26+,43-35?. The van der Waals surface area contributed by atoms with Crippen LogP contribution in [0.2, 0.25) is 0 Å². The summed E-state index contributed by atoms with van der Waals surface area (Å²) in [5, 5.41) is 6.04. The Bertz CT molecular complexity index is 1930. The summed E-state index contributed by atoms with van der Waals surface area (Å²) < 4.78 is 0. The summed E-state index contributed by atoms with van der Waals surface area (Å²) in [6, 6.07) is 26.3. The van der Waals surface area contributed by atoms with Crippen molar-refractivity contribution in [3.05, 3.63) is 136 Å². The van der Waals surface area contributed by atoms with Crippen LogP contribution >= 0.6 is 11.6 Å². The highest BCUT2D eigenvalue weighted by molar-refractivity contribution is 6.32. The van der Waals surface area contributed by atoms with Gasteiger partial charge in [0.1, 0.15) is 0 Å². The van der Waals surface area contributed by atoms with E-state index in [-0.39, 0.29) is 10.8 Å². The molecule has 1 aliphatic heterocycles. The van der Waals surface area contributed by atoms with E-state index in [0.29, 0.717) is 0 Å². The van der Waals surface area contributed by atoms with Crippen LogP contribution in [0, 0.1) is 6.92 Å². The molecule has 0 saturated heterocycles. The maximum Gasteiger partial charge on any atom is 0.0470 e. The summed E-state index contributed by atoms with van der Waals surface area (Å²) in [5.74, 6) is 0. The monoisotopic (exact) mass is 598 g/mol.